The molecular formula is C17H19N3O3S. The van der Waals surface area contributed by atoms with Crippen LogP contribution in [0.15, 0.2) is 29.2 Å². The van der Waals surface area contributed by atoms with E-state index in [0.29, 0.717) is 17.8 Å². The Morgan fingerprint density at radius 3 is 2.88 bits per heavy atom. The van der Waals surface area contributed by atoms with Gasteiger partial charge in [0, 0.05) is 10.6 Å². The topological polar surface area (TPSA) is 73.2 Å². The molecule has 6 nitrogen and oxygen atoms in total. The highest BCUT2D eigenvalue weighted by molar-refractivity contribution is 8.00. The van der Waals surface area contributed by atoms with E-state index in [1.807, 2.05) is 37.6 Å². The summed E-state index contributed by atoms with van der Waals surface area (Å²) in [6, 6.07) is 7.21. The van der Waals surface area contributed by atoms with E-state index in [0.717, 1.165) is 16.3 Å². The van der Waals surface area contributed by atoms with Gasteiger partial charge in [-0.05, 0) is 45.0 Å². The average molecular weight is 345 g/mol. The zero-order chi connectivity index (χ0) is 17.3. The minimum Gasteiger partial charge on any atom is -0.460 e. The van der Waals surface area contributed by atoms with Crippen molar-refractivity contribution in [3.63, 3.8) is 0 Å². The van der Waals surface area contributed by atoms with Crippen molar-refractivity contribution in [2.24, 2.45) is 0 Å². The highest BCUT2D eigenvalue weighted by Gasteiger charge is 2.24. The first-order chi connectivity index (χ1) is 11.4. The predicted octanol–water partition coefficient (Wildman–Crippen LogP) is 2.79. The van der Waals surface area contributed by atoms with Crippen LogP contribution in [0, 0.1) is 13.8 Å². The highest BCUT2D eigenvalue weighted by atomic mass is 32.2. The molecule has 0 bridgehead atoms. The van der Waals surface area contributed by atoms with Crippen LogP contribution < -0.4 is 5.32 Å². The van der Waals surface area contributed by atoms with Gasteiger partial charge in [-0.2, -0.15) is 5.10 Å². The van der Waals surface area contributed by atoms with Gasteiger partial charge >= 0.3 is 5.97 Å². The Balaban J connectivity index is 1.62. The maximum atomic E-state index is 12.2. The molecular weight excluding hydrogens is 326 g/mol. The van der Waals surface area contributed by atoms with Crippen LogP contribution in [0.4, 0.5) is 5.69 Å². The van der Waals surface area contributed by atoms with Gasteiger partial charge in [0.05, 0.1) is 28.7 Å². The molecule has 0 saturated carbocycles. The quantitative estimate of drug-likeness (QED) is 0.863. The van der Waals surface area contributed by atoms with Crippen LogP contribution in [0.3, 0.4) is 0 Å². The van der Waals surface area contributed by atoms with Crippen molar-refractivity contribution in [3.05, 3.63) is 41.2 Å². The molecule has 1 aliphatic heterocycles. The van der Waals surface area contributed by atoms with Crippen LogP contribution in [0.25, 0.3) is 0 Å². The van der Waals surface area contributed by atoms with Gasteiger partial charge in [0.25, 0.3) is 0 Å². The zero-order valence-corrected chi connectivity index (χ0v) is 14.6. The van der Waals surface area contributed by atoms with Gasteiger partial charge in [-0.15, -0.1) is 11.8 Å². The first kappa shape index (κ1) is 16.6. The van der Waals surface area contributed by atoms with Crippen molar-refractivity contribution in [3.8, 4) is 0 Å². The number of aromatic nitrogens is 2. The number of hydrogen-bond acceptors (Lipinski definition) is 5. The summed E-state index contributed by atoms with van der Waals surface area (Å²) in [5.41, 5.74) is 3.07. The smallest absolute Gasteiger partial charge is 0.338 e. The first-order valence-corrected chi connectivity index (χ1v) is 8.62. The van der Waals surface area contributed by atoms with Crippen molar-refractivity contribution in [2.45, 2.75) is 37.5 Å². The second-order valence-electron chi connectivity index (χ2n) is 5.75. The van der Waals surface area contributed by atoms with Crippen molar-refractivity contribution in [1.82, 2.24) is 9.78 Å². The Morgan fingerprint density at radius 1 is 1.38 bits per heavy atom. The second kappa shape index (κ2) is 6.68. The Kier molecular flexibility index (Phi) is 4.62. The molecule has 1 aromatic carbocycles. The van der Waals surface area contributed by atoms with Crippen LogP contribution in [0.1, 0.15) is 28.7 Å². The summed E-state index contributed by atoms with van der Waals surface area (Å²) in [6.07, 6.45) is 0. The molecule has 2 aromatic rings. The molecule has 24 heavy (non-hydrogen) atoms. The number of esters is 1. The van der Waals surface area contributed by atoms with Crippen LogP contribution >= 0.6 is 11.8 Å². The molecule has 2 heterocycles. The number of carbonyl (C=O) groups excluding carboxylic acids is 2. The number of amides is 1. The third-order valence-electron chi connectivity index (χ3n) is 3.79. The molecule has 0 spiro atoms. The van der Waals surface area contributed by atoms with Gasteiger partial charge in [-0.1, -0.05) is 0 Å². The molecule has 1 aromatic heterocycles. The lowest BCUT2D eigenvalue weighted by Gasteiger charge is -2.21. The van der Waals surface area contributed by atoms with Crippen LogP contribution in [-0.4, -0.2) is 33.5 Å². The summed E-state index contributed by atoms with van der Waals surface area (Å²) < 4.78 is 7.13. The van der Waals surface area contributed by atoms with Crippen molar-refractivity contribution >= 4 is 29.3 Å². The summed E-state index contributed by atoms with van der Waals surface area (Å²) in [5, 5.41) is 7.01. The number of aryl methyl sites for hydroxylation is 2. The summed E-state index contributed by atoms with van der Waals surface area (Å²) in [6.45, 7) is 6.50. The number of rotatable bonds is 4. The van der Waals surface area contributed by atoms with Gasteiger partial charge in [-0.3, -0.25) is 9.48 Å². The molecule has 1 N–H and O–H groups in total. The number of nitrogens with one attached hydrogen (secondary N) is 1. The van der Waals surface area contributed by atoms with Crippen LogP contribution in [0.5, 0.6) is 0 Å². The fourth-order valence-electron chi connectivity index (χ4n) is 2.55. The molecule has 0 radical (unpaired) electrons. The average Bonchev–Trinajstić information content (AvgIpc) is 2.85. The molecule has 0 saturated heterocycles. The molecule has 126 valence electrons. The van der Waals surface area contributed by atoms with E-state index in [9.17, 15) is 9.59 Å². The molecule has 1 aliphatic rings. The van der Waals surface area contributed by atoms with Gasteiger partial charge in [0.1, 0.15) is 6.61 Å². The number of carbonyl (C=O) groups is 2. The molecule has 1 atom stereocenters. The molecule has 3 rings (SSSR count). The largest absolute Gasteiger partial charge is 0.460 e. The maximum Gasteiger partial charge on any atom is 0.338 e. The maximum absolute atomic E-state index is 12.2. The van der Waals surface area contributed by atoms with E-state index in [2.05, 4.69) is 10.4 Å². The fourth-order valence-corrected chi connectivity index (χ4v) is 3.48. The lowest BCUT2D eigenvalue weighted by atomic mass is 10.2. The van der Waals surface area contributed by atoms with E-state index < -0.39 is 5.97 Å². The SMILES string of the molecule is Cc1cc(C)n(CCOC(=O)c2ccc3c(c2)NC(=O)[C@H](C)S3)n1. The van der Waals surface area contributed by atoms with E-state index in [4.69, 9.17) is 4.74 Å². The Hall–Kier alpha value is -2.28. The minimum absolute atomic E-state index is 0.0532. The zero-order valence-electron chi connectivity index (χ0n) is 13.8. The number of hydrogen-bond donors (Lipinski definition) is 1. The summed E-state index contributed by atoms with van der Waals surface area (Å²) in [7, 11) is 0. The minimum atomic E-state index is -0.405. The molecule has 0 unspecified atom stereocenters. The summed E-state index contributed by atoms with van der Waals surface area (Å²) in [5.74, 6) is -0.459. The van der Waals surface area contributed by atoms with Gasteiger partial charge in [0.2, 0.25) is 5.91 Å². The monoisotopic (exact) mass is 345 g/mol. The number of fused-ring (bicyclic) bond motifs is 1. The van der Waals surface area contributed by atoms with E-state index in [1.165, 1.54) is 11.8 Å². The molecule has 1 amide bonds. The summed E-state index contributed by atoms with van der Waals surface area (Å²) >= 11 is 1.48. The number of anilines is 1. The van der Waals surface area contributed by atoms with Crippen LogP contribution in [0.2, 0.25) is 0 Å². The highest BCUT2D eigenvalue weighted by Crippen LogP contribution is 2.35. The molecule has 0 aliphatic carbocycles. The van der Waals surface area contributed by atoms with Crippen LogP contribution in [-0.2, 0) is 16.1 Å². The van der Waals surface area contributed by atoms with E-state index in [-0.39, 0.29) is 17.8 Å². The Bertz CT molecular complexity index is 800. The van der Waals surface area contributed by atoms with Crippen molar-refractivity contribution in [1.29, 1.82) is 0 Å². The van der Waals surface area contributed by atoms with Crippen molar-refractivity contribution in [2.75, 3.05) is 11.9 Å². The Morgan fingerprint density at radius 2 is 2.17 bits per heavy atom. The molecule has 0 fully saturated rings. The van der Waals surface area contributed by atoms with Gasteiger partial charge < -0.3 is 10.1 Å². The second-order valence-corrected chi connectivity index (χ2v) is 7.13. The van der Waals surface area contributed by atoms with Gasteiger partial charge in [0.15, 0.2) is 0 Å². The third-order valence-corrected chi connectivity index (χ3v) is 4.96. The predicted molar refractivity (Wildman–Crippen MR) is 92.4 cm³/mol. The standard InChI is InChI=1S/C17H19N3O3S/c1-10-8-11(2)20(19-10)6-7-23-17(22)13-4-5-15-14(9-13)18-16(21)12(3)24-15/h4-5,8-9,12H,6-7H2,1-3H3,(H,18,21)/t12-/m0/s1. The number of benzene rings is 1. The van der Waals surface area contributed by atoms with Gasteiger partial charge in [-0.25, -0.2) is 4.79 Å². The number of nitrogens with zero attached hydrogens (tertiary/aromatic N) is 2. The summed E-state index contributed by atoms with van der Waals surface area (Å²) in [4.78, 5) is 24.9. The van der Waals surface area contributed by atoms with E-state index in [1.54, 1.807) is 12.1 Å². The third kappa shape index (κ3) is 3.46. The lowest BCUT2D eigenvalue weighted by molar-refractivity contribution is -0.115. The molecule has 7 heteroatoms. The lowest BCUT2D eigenvalue weighted by Crippen LogP contribution is -2.26. The van der Waals surface area contributed by atoms with E-state index >= 15 is 0 Å². The Labute approximate surface area is 144 Å². The van der Waals surface area contributed by atoms with Crippen molar-refractivity contribution < 1.29 is 14.3 Å². The first-order valence-electron chi connectivity index (χ1n) is 7.74. The fraction of sp³-hybridized carbons (Fsp3) is 0.353. The number of ether oxygens (including phenoxy) is 1. The number of thioether (sulfide) groups is 1. The normalized spacial score (nSPS) is 16.5.